The fraction of sp³-hybridized carbons (Fsp3) is 0.667. The van der Waals surface area contributed by atoms with Gasteiger partial charge in [-0.25, -0.2) is 4.57 Å². The highest BCUT2D eigenvalue weighted by atomic mass is 31.2. The molecule has 2 atom stereocenters. The van der Waals surface area contributed by atoms with Crippen molar-refractivity contribution in [1.82, 2.24) is 10.6 Å². The summed E-state index contributed by atoms with van der Waals surface area (Å²) in [5.74, 6) is -0.338. The van der Waals surface area contributed by atoms with Crippen LogP contribution in [0.5, 0.6) is 5.75 Å². The zero-order valence-corrected chi connectivity index (χ0v) is 52.3. The minimum absolute atomic E-state index is 0.0351. The van der Waals surface area contributed by atoms with E-state index in [-0.39, 0.29) is 45.1 Å². The van der Waals surface area contributed by atoms with Gasteiger partial charge in [0, 0.05) is 19.4 Å². The molecule has 12 nitrogen and oxygen atoms in total. The molecular weight excluding hydrogens is 1050 g/mol. The summed E-state index contributed by atoms with van der Waals surface area (Å²) < 4.78 is 40.5. The van der Waals surface area contributed by atoms with E-state index in [4.69, 9.17) is 23.3 Å². The Balaban J connectivity index is 1.40. The maximum absolute atomic E-state index is 13.0. The molecule has 3 rings (SSSR count). The van der Waals surface area contributed by atoms with Gasteiger partial charge in [-0.3, -0.25) is 23.4 Å². The van der Waals surface area contributed by atoms with E-state index in [0.717, 1.165) is 85.8 Å². The predicted molar refractivity (Wildman–Crippen MR) is 338 cm³/mol. The number of rotatable bonds is 54. The van der Waals surface area contributed by atoms with Gasteiger partial charge < -0.3 is 29.7 Å². The number of carbonyl (C=O) groups excluding carboxylic acids is 3. The Hall–Kier alpha value is -4.32. The number of hydrogen-bond donors (Lipinski definition) is 3. The van der Waals surface area contributed by atoms with E-state index >= 15 is 0 Å². The van der Waals surface area contributed by atoms with Crippen LogP contribution in [0.1, 0.15) is 262 Å². The lowest BCUT2D eigenvalue weighted by molar-refractivity contribution is -0.161. The van der Waals surface area contributed by atoms with Crippen LogP contribution in [0.25, 0.3) is 11.1 Å². The summed E-state index contributed by atoms with van der Waals surface area (Å²) in [4.78, 5) is 49.2. The molecule has 462 valence electrons. The molecule has 3 aromatic rings. The molecular formula is C69H111N2O10P. The van der Waals surface area contributed by atoms with Gasteiger partial charge in [0.1, 0.15) is 12.4 Å². The average molecular weight is 1160 g/mol. The molecule has 13 heteroatoms. The third-order valence-electron chi connectivity index (χ3n) is 15.0. The lowest BCUT2D eigenvalue weighted by Crippen LogP contribution is -2.36. The second-order valence-electron chi connectivity index (χ2n) is 22.4. The molecule has 0 aliphatic rings. The SMILES string of the molecule is CCCCCCCCCCCCCCCCCC(=O)OCC(COP(=O)(O)OCCNC(=O)CNCCC/C(=C(\c1ccccc1)c1ccc(OCCC)cc1)c1ccccc1)OC(=O)CCCCCCCCCCCCCCCCC. The summed E-state index contributed by atoms with van der Waals surface area (Å²) in [5.41, 5.74) is 5.66. The van der Waals surface area contributed by atoms with Gasteiger partial charge in [0.05, 0.1) is 26.4 Å². The fourth-order valence-electron chi connectivity index (χ4n) is 10.2. The molecule has 0 aliphatic heterocycles. The molecule has 2 unspecified atom stereocenters. The molecule has 3 aromatic carbocycles. The minimum atomic E-state index is -4.63. The number of esters is 2. The molecule has 3 N–H and O–H groups in total. The van der Waals surface area contributed by atoms with E-state index in [9.17, 15) is 23.8 Å². The van der Waals surface area contributed by atoms with Crippen LogP contribution in [0, 0.1) is 0 Å². The normalized spacial score (nSPS) is 12.8. The first-order chi connectivity index (χ1) is 40.2. The number of amides is 1. The van der Waals surface area contributed by atoms with Crippen LogP contribution in [-0.2, 0) is 37.5 Å². The van der Waals surface area contributed by atoms with Crippen molar-refractivity contribution in [3.63, 3.8) is 0 Å². The molecule has 0 aromatic heterocycles. The van der Waals surface area contributed by atoms with E-state index in [0.29, 0.717) is 26.0 Å². The number of phosphoric acid groups is 1. The van der Waals surface area contributed by atoms with Gasteiger partial charge in [0.2, 0.25) is 5.91 Å². The van der Waals surface area contributed by atoms with Crippen LogP contribution in [-0.4, -0.2) is 74.9 Å². The van der Waals surface area contributed by atoms with Crippen LogP contribution in [0.4, 0.5) is 0 Å². The second-order valence-corrected chi connectivity index (χ2v) is 23.8. The van der Waals surface area contributed by atoms with Gasteiger partial charge >= 0.3 is 19.8 Å². The average Bonchev–Trinajstić information content (AvgIpc) is 3.64. The molecule has 0 radical (unpaired) electrons. The van der Waals surface area contributed by atoms with Crippen LogP contribution in [0.15, 0.2) is 84.9 Å². The van der Waals surface area contributed by atoms with Gasteiger partial charge in [-0.15, -0.1) is 0 Å². The highest BCUT2D eigenvalue weighted by molar-refractivity contribution is 7.47. The Morgan fingerprint density at radius 1 is 0.463 bits per heavy atom. The topological polar surface area (TPSA) is 159 Å². The lowest BCUT2D eigenvalue weighted by Gasteiger charge is -2.20. The summed E-state index contributed by atoms with van der Waals surface area (Å²) in [5, 5.41) is 5.96. The van der Waals surface area contributed by atoms with Crippen LogP contribution < -0.4 is 15.4 Å². The van der Waals surface area contributed by atoms with Crippen molar-refractivity contribution in [2.24, 2.45) is 0 Å². The number of carbonyl (C=O) groups is 3. The van der Waals surface area contributed by atoms with E-state index in [1.54, 1.807) is 0 Å². The number of allylic oxidation sites excluding steroid dienone is 1. The van der Waals surface area contributed by atoms with Gasteiger partial charge in [-0.1, -0.05) is 273 Å². The standard InChI is InChI=1S/C69H111N2O10P/c1-4-7-9-11-13-15-17-19-21-23-25-27-29-31-39-47-67(73)78-58-64(81-68(74)48-40-32-30-28-26-24-22-20-18-16-14-12-10-8-5-2)59-80-82(75,76)79-56-54-71-66(72)57-70-53-41-46-65(60-42-35-33-36-43-60)69(61-44-37-34-38-45-61)62-49-51-63(52-50-62)77-55-6-3/h33-38,42-45,49-52,64,70H,4-32,39-41,46-48,53-59H2,1-3H3,(H,71,72)(H,75,76)/b69-65-. The minimum Gasteiger partial charge on any atom is -0.494 e. The monoisotopic (exact) mass is 1160 g/mol. The summed E-state index contributed by atoms with van der Waals surface area (Å²) in [6, 6.07) is 29.0. The lowest BCUT2D eigenvalue weighted by atomic mass is 9.87. The van der Waals surface area contributed by atoms with E-state index in [2.05, 4.69) is 79.9 Å². The molecule has 0 spiro atoms. The van der Waals surface area contributed by atoms with Gasteiger partial charge in [0.15, 0.2) is 6.10 Å². The largest absolute Gasteiger partial charge is 0.494 e. The summed E-state index contributed by atoms with van der Waals surface area (Å²) >= 11 is 0. The van der Waals surface area contributed by atoms with Crippen molar-refractivity contribution in [2.45, 2.75) is 252 Å². The highest BCUT2D eigenvalue weighted by Crippen LogP contribution is 2.43. The third-order valence-corrected chi connectivity index (χ3v) is 16.0. The summed E-state index contributed by atoms with van der Waals surface area (Å²) in [6.45, 7) is 6.76. The zero-order valence-electron chi connectivity index (χ0n) is 51.4. The first-order valence-corrected chi connectivity index (χ1v) is 34.2. The molecule has 0 aliphatic carbocycles. The van der Waals surface area contributed by atoms with Crippen molar-refractivity contribution in [2.75, 3.05) is 46.1 Å². The molecule has 0 fully saturated rings. The smallest absolute Gasteiger partial charge is 0.472 e. The number of hydrogen-bond acceptors (Lipinski definition) is 10. The maximum atomic E-state index is 13.0. The van der Waals surface area contributed by atoms with Crippen LogP contribution in [0.3, 0.4) is 0 Å². The van der Waals surface area contributed by atoms with Crippen LogP contribution in [0.2, 0.25) is 0 Å². The fourth-order valence-corrected chi connectivity index (χ4v) is 11.0. The van der Waals surface area contributed by atoms with Crippen molar-refractivity contribution < 1.29 is 47.1 Å². The van der Waals surface area contributed by atoms with Gasteiger partial charge in [-0.2, -0.15) is 0 Å². The van der Waals surface area contributed by atoms with Crippen LogP contribution >= 0.6 is 7.82 Å². The summed E-state index contributed by atoms with van der Waals surface area (Å²) in [6.07, 6.45) is 38.5. The molecule has 1 amide bonds. The molecule has 82 heavy (non-hydrogen) atoms. The second kappa shape index (κ2) is 49.0. The number of unbranched alkanes of at least 4 members (excludes halogenated alkanes) is 28. The van der Waals surface area contributed by atoms with E-state index in [1.165, 1.54) is 147 Å². The zero-order chi connectivity index (χ0) is 58.8. The Kier molecular flexibility index (Phi) is 43.0. The van der Waals surface area contributed by atoms with Gasteiger partial charge in [0.25, 0.3) is 0 Å². The number of ether oxygens (including phenoxy) is 3. The van der Waals surface area contributed by atoms with Gasteiger partial charge in [-0.05, 0) is 78.6 Å². The Morgan fingerprint density at radius 3 is 1.40 bits per heavy atom. The number of nitrogens with one attached hydrogen (secondary N) is 2. The van der Waals surface area contributed by atoms with Crippen molar-refractivity contribution in [3.8, 4) is 5.75 Å². The van der Waals surface area contributed by atoms with E-state index < -0.39 is 32.5 Å². The predicted octanol–water partition coefficient (Wildman–Crippen LogP) is 18.0. The molecule has 0 saturated carbocycles. The molecule has 0 bridgehead atoms. The Morgan fingerprint density at radius 2 is 0.915 bits per heavy atom. The van der Waals surface area contributed by atoms with E-state index in [1.807, 2.05) is 36.4 Å². The maximum Gasteiger partial charge on any atom is 0.472 e. The first-order valence-electron chi connectivity index (χ1n) is 32.7. The highest BCUT2D eigenvalue weighted by Gasteiger charge is 2.26. The third kappa shape index (κ3) is 37.1. The van der Waals surface area contributed by atoms with Crippen molar-refractivity contribution in [1.29, 1.82) is 0 Å². The summed E-state index contributed by atoms with van der Waals surface area (Å²) in [7, 11) is -4.63. The number of benzene rings is 3. The number of phosphoric ester groups is 1. The molecule has 0 heterocycles. The van der Waals surface area contributed by atoms with Crippen molar-refractivity contribution >= 4 is 36.8 Å². The quantitative estimate of drug-likeness (QED) is 0.0214. The molecule has 0 saturated heterocycles. The first kappa shape index (κ1) is 71.9. The Labute approximate surface area is 497 Å². The Bertz CT molecular complexity index is 2120. The van der Waals surface area contributed by atoms with Crippen molar-refractivity contribution in [3.05, 3.63) is 102 Å².